The molecule has 0 spiro atoms. The third-order valence-electron chi connectivity index (χ3n) is 2.33. The zero-order valence-electron chi connectivity index (χ0n) is 9.31. The van der Waals surface area contributed by atoms with Crippen LogP contribution in [0.1, 0.15) is 60.3 Å². The predicted octanol–water partition coefficient (Wildman–Crippen LogP) is 3.77. The highest BCUT2D eigenvalue weighted by molar-refractivity contribution is 4.73. The van der Waals surface area contributed by atoms with Crippen LogP contribution >= 0.6 is 0 Å². The molecule has 12 heavy (non-hydrogen) atoms. The minimum Gasteiger partial charge on any atom is -0.373 e. The molecule has 1 heteroatoms. The Kier molecular flexibility index (Phi) is 5.56. The van der Waals surface area contributed by atoms with E-state index in [0.717, 1.165) is 6.42 Å². The topological polar surface area (TPSA) is 9.23 Å². The molecule has 1 unspecified atom stereocenters. The molecule has 0 fully saturated rings. The fourth-order valence-electron chi connectivity index (χ4n) is 1.44. The van der Waals surface area contributed by atoms with Crippen LogP contribution in [0.4, 0.5) is 0 Å². The molecule has 0 aliphatic rings. The molecule has 1 nitrogen and oxygen atoms in total. The lowest BCUT2D eigenvalue weighted by Crippen LogP contribution is -2.30. The molecule has 74 valence electrons. The van der Waals surface area contributed by atoms with Crippen molar-refractivity contribution in [2.45, 2.75) is 72.0 Å². The van der Waals surface area contributed by atoms with Crippen LogP contribution in [-0.4, -0.2) is 11.7 Å². The normalized spacial score (nSPS) is 16.5. The maximum Gasteiger partial charge on any atom is 0.0655 e. The molecule has 0 aromatic carbocycles. The van der Waals surface area contributed by atoms with Crippen LogP contribution in [0.2, 0.25) is 0 Å². The minimum absolute atomic E-state index is 0.115. The summed E-state index contributed by atoms with van der Waals surface area (Å²) in [4.78, 5) is 0. The standard InChI is InChI=1S/C11H24O/c1-6-8-9-11(5,7-2)12-10(3)4/h10H,6-9H2,1-5H3. The molecular formula is C11H24O. The van der Waals surface area contributed by atoms with Crippen molar-refractivity contribution in [3.8, 4) is 0 Å². The van der Waals surface area contributed by atoms with E-state index in [1.54, 1.807) is 0 Å². The third-order valence-corrected chi connectivity index (χ3v) is 2.33. The van der Waals surface area contributed by atoms with Crippen LogP contribution in [0.5, 0.6) is 0 Å². The van der Waals surface area contributed by atoms with Crippen LogP contribution < -0.4 is 0 Å². The molecule has 0 aliphatic heterocycles. The molecule has 0 bridgehead atoms. The lowest BCUT2D eigenvalue weighted by atomic mass is 9.96. The maximum absolute atomic E-state index is 5.89. The Morgan fingerprint density at radius 2 is 1.83 bits per heavy atom. The molecule has 0 saturated carbocycles. The van der Waals surface area contributed by atoms with E-state index in [9.17, 15) is 0 Å². The van der Waals surface area contributed by atoms with Crippen LogP contribution in [0, 0.1) is 0 Å². The quantitative estimate of drug-likeness (QED) is 0.592. The van der Waals surface area contributed by atoms with Gasteiger partial charge in [-0.25, -0.2) is 0 Å². The summed E-state index contributed by atoms with van der Waals surface area (Å²) in [5.74, 6) is 0. The molecular weight excluding hydrogens is 148 g/mol. The van der Waals surface area contributed by atoms with Crippen molar-refractivity contribution in [1.29, 1.82) is 0 Å². The fourth-order valence-corrected chi connectivity index (χ4v) is 1.44. The van der Waals surface area contributed by atoms with Gasteiger partial charge >= 0.3 is 0 Å². The highest BCUT2D eigenvalue weighted by Crippen LogP contribution is 2.24. The first-order chi connectivity index (χ1) is 5.54. The molecule has 0 N–H and O–H groups in total. The monoisotopic (exact) mass is 172 g/mol. The molecule has 0 aromatic heterocycles. The predicted molar refractivity (Wildman–Crippen MR) is 54.4 cm³/mol. The third kappa shape index (κ3) is 4.76. The van der Waals surface area contributed by atoms with Crippen LogP contribution in [0.3, 0.4) is 0 Å². The van der Waals surface area contributed by atoms with E-state index in [1.165, 1.54) is 19.3 Å². The molecule has 0 radical (unpaired) electrons. The van der Waals surface area contributed by atoms with Gasteiger partial charge in [-0.3, -0.25) is 0 Å². The maximum atomic E-state index is 5.89. The molecule has 0 aliphatic carbocycles. The lowest BCUT2D eigenvalue weighted by Gasteiger charge is -2.30. The first-order valence-electron chi connectivity index (χ1n) is 5.22. The Morgan fingerprint density at radius 1 is 1.25 bits per heavy atom. The zero-order valence-corrected chi connectivity index (χ0v) is 9.31. The average molecular weight is 172 g/mol. The van der Waals surface area contributed by atoms with E-state index in [4.69, 9.17) is 4.74 Å². The molecule has 0 rings (SSSR count). The lowest BCUT2D eigenvalue weighted by molar-refractivity contribution is -0.0761. The van der Waals surface area contributed by atoms with E-state index in [0.29, 0.717) is 6.10 Å². The van der Waals surface area contributed by atoms with E-state index >= 15 is 0 Å². The Balaban J connectivity index is 3.86. The van der Waals surface area contributed by atoms with Gasteiger partial charge in [-0.2, -0.15) is 0 Å². The number of hydrogen-bond donors (Lipinski definition) is 0. The largest absolute Gasteiger partial charge is 0.373 e. The Bertz CT molecular complexity index is 110. The minimum atomic E-state index is 0.115. The van der Waals surface area contributed by atoms with Gasteiger partial charge in [0.25, 0.3) is 0 Å². The summed E-state index contributed by atoms with van der Waals surface area (Å²) in [5.41, 5.74) is 0.115. The van der Waals surface area contributed by atoms with Gasteiger partial charge in [0, 0.05) is 0 Å². The van der Waals surface area contributed by atoms with Gasteiger partial charge < -0.3 is 4.74 Å². The number of unbranched alkanes of at least 4 members (excludes halogenated alkanes) is 1. The van der Waals surface area contributed by atoms with Crippen LogP contribution in [0.15, 0.2) is 0 Å². The first-order valence-corrected chi connectivity index (χ1v) is 5.22. The summed E-state index contributed by atoms with van der Waals surface area (Å²) in [5, 5.41) is 0. The van der Waals surface area contributed by atoms with Crippen molar-refractivity contribution in [2.75, 3.05) is 0 Å². The smallest absolute Gasteiger partial charge is 0.0655 e. The van der Waals surface area contributed by atoms with Gasteiger partial charge in [-0.15, -0.1) is 0 Å². The number of hydrogen-bond acceptors (Lipinski definition) is 1. The average Bonchev–Trinajstić information content (AvgIpc) is 2.00. The van der Waals surface area contributed by atoms with Crippen molar-refractivity contribution in [1.82, 2.24) is 0 Å². The van der Waals surface area contributed by atoms with E-state index in [-0.39, 0.29) is 5.60 Å². The Labute approximate surface area is 77.5 Å². The number of ether oxygens (including phenoxy) is 1. The summed E-state index contributed by atoms with van der Waals surface area (Å²) >= 11 is 0. The molecule has 1 atom stereocenters. The molecule has 0 amide bonds. The molecule has 0 saturated heterocycles. The highest BCUT2D eigenvalue weighted by Gasteiger charge is 2.22. The Hall–Kier alpha value is -0.0400. The summed E-state index contributed by atoms with van der Waals surface area (Å²) in [6, 6.07) is 0. The summed E-state index contributed by atoms with van der Waals surface area (Å²) in [6.07, 6.45) is 5.20. The van der Waals surface area contributed by atoms with E-state index in [1.807, 2.05) is 0 Å². The van der Waals surface area contributed by atoms with Gasteiger partial charge in [0.1, 0.15) is 0 Å². The van der Waals surface area contributed by atoms with Gasteiger partial charge in [-0.05, 0) is 33.6 Å². The van der Waals surface area contributed by atoms with Crippen LogP contribution in [-0.2, 0) is 4.74 Å². The van der Waals surface area contributed by atoms with Gasteiger partial charge in [0.15, 0.2) is 0 Å². The second-order valence-electron chi connectivity index (χ2n) is 4.07. The van der Waals surface area contributed by atoms with Crippen LogP contribution in [0.25, 0.3) is 0 Å². The fraction of sp³-hybridized carbons (Fsp3) is 1.00. The SMILES string of the molecule is CCCCC(C)(CC)OC(C)C. The van der Waals surface area contributed by atoms with E-state index in [2.05, 4.69) is 34.6 Å². The first kappa shape index (κ1) is 12.0. The summed E-state index contributed by atoms with van der Waals surface area (Å²) in [7, 11) is 0. The van der Waals surface area contributed by atoms with Gasteiger partial charge in [-0.1, -0.05) is 26.7 Å². The van der Waals surface area contributed by atoms with Crippen molar-refractivity contribution in [2.24, 2.45) is 0 Å². The molecule has 0 heterocycles. The second kappa shape index (κ2) is 5.58. The second-order valence-corrected chi connectivity index (χ2v) is 4.07. The van der Waals surface area contributed by atoms with Gasteiger partial charge in [0.2, 0.25) is 0 Å². The van der Waals surface area contributed by atoms with E-state index < -0.39 is 0 Å². The van der Waals surface area contributed by atoms with Crippen molar-refractivity contribution >= 4 is 0 Å². The van der Waals surface area contributed by atoms with Crippen molar-refractivity contribution in [3.63, 3.8) is 0 Å². The number of rotatable bonds is 6. The van der Waals surface area contributed by atoms with Crippen molar-refractivity contribution in [3.05, 3.63) is 0 Å². The Morgan fingerprint density at radius 3 is 2.17 bits per heavy atom. The zero-order chi connectivity index (χ0) is 9.61. The van der Waals surface area contributed by atoms with Gasteiger partial charge in [0.05, 0.1) is 11.7 Å². The molecule has 0 aromatic rings. The summed E-state index contributed by atoms with van der Waals surface area (Å²) in [6.45, 7) is 10.9. The van der Waals surface area contributed by atoms with Crippen molar-refractivity contribution < 1.29 is 4.74 Å². The summed E-state index contributed by atoms with van der Waals surface area (Å²) < 4.78 is 5.89. The highest BCUT2D eigenvalue weighted by atomic mass is 16.5.